The molecule has 0 atom stereocenters. The minimum absolute atomic E-state index is 0.0142. The minimum atomic E-state index is -3.68. The van der Waals surface area contributed by atoms with Gasteiger partial charge in [0, 0.05) is 33.7 Å². The van der Waals surface area contributed by atoms with Gasteiger partial charge in [0.25, 0.3) is 0 Å². The van der Waals surface area contributed by atoms with Crippen LogP contribution in [0.2, 0.25) is 0 Å². The lowest BCUT2D eigenvalue weighted by Crippen LogP contribution is -2.36. The number of carbonyl (C=O) groups is 1. The van der Waals surface area contributed by atoms with E-state index in [1.54, 1.807) is 32.0 Å². The summed E-state index contributed by atoms with van der Waals surface area (Å²) < 4.78 is 55.3. The normalized spacial score (nSPS) is 15.7. The van der Waals surface area contributed by atoms with E-state index in [1.165, 1.54) is 29.1 Å². The molecule has 33 heavy (non-hydrogen) atoms. The molecule has 2 heterocycles. The van der Waals surface area contributed by atoms with Gasteiger partial charge >= 0.3 is 0 Å². The second-order valence-corrected chi connectivity index (χ2v) is 12.3. The number of sulfonamides is 2. The average molecular weight is 498 g/mol. The van der Waals surface area contributed by atoms with Gasteiger partial charge in [-0.15, -0.1) is 0 Å². The quantitative estimate of drug-likeness (QED) is 0.586. The van der Waals surface area contributed by atoms with Crippen LogP contribution in [0, 0.1) is 13.8 Å². The van der Waals surface area contributed by atoms with E-state index in [4.69, 9.17) is 0 Å². The minimum Gasteiger partial charge on any atom is -0.350 e. The van der Waals surface area contributed by atoms with Crippen molar-refractivity contribution in [3.05, 3.63) is 41.2 Å². The molecular weight excluding hydrogens is 466 g/mol. The molecule has 0 radical (unpaired) electrons. The van der Waals surface area contributed by atoms with Crippen molar-refractivity contribution in [1.82, 2.24) is 23.7 Å². The standard InChI is InChI=1S/C21H31N5O5S2/c1-16-21(33(30,31)25-12-8-5-9-13-25)17(2)26(23-16)15-20(27)22-14-18-10-6-7-11-19(18)32(28,29)24(3)4/h6-7,10-11H,5,8-9,12-15H2,1-4H3,(H,22,27). The molecular formula is C21H31N5O5S2. The molecule has 2 aromatic rings. The van der Waals surface area contributed by atoms with E-state index < -0.39 is 26.0 Å². The summed E-state index contributed by atoms with van der Waals surface area (Å²) in [7, 11) is -4.44. The number of nitrogens with one attached hydrogen (secondary N) is 1. The smallest absolute Gasteiger partial charge is 0.246 e. The molecule has 1 aromatic carbocycles. The molecule has 0 spiro atoms. The van der Waals surface area contributed by atoms with Crippen molar-refractivity contribution in [1.29, 1.82) is 0 Å². The summed E-state index contributed by atoms with van der Waals surface area (Å²) >= 11 is 0. The Bertz CT molecular complexity index is 1230. The summed E-state index contributed by atoms with van der Waals surface area (Å²) in [5.74, 6) is -0.403. The van der Waals surface area contributed by atoms with Crippen molar-refractivity contribution in [2.75, 3.05) is 27.2 Å². The zero-order chi connectivity index (χ0) is 24.4. The largest absolute Gasteiger partial charge is 0.350 e. The molecule has 0 aliphatic carbocycles. The topological polar surface area (TPSA) is 122 Å². The van der Waals surface area contributed by atoms with Gasteiger partial charge in [0.05, 0.1) is 16.3 Å². The van der Waals surface area contributed by atoms with E-state index in [1.807, 2.05) is 0 Å². The molecule has 1 amide bonds. The monoisotopic (exact) mass is 497 g/mol. The highest BCUT2D eigenvalue weighted by molar-refractivity contribution is 7.89. The van der Waals surface area contributed by atoms with Crippen LogP contribution in [0.5, 0.6) is 0 Å². The Hall–Kier alpha value is -2.28. The highest BCUT2D eigenvalue weighted by Gasteiger charge is 2.32. The number of nitrogens with zero attached hydrogens (tertiary/aromatic N) is 4. The molecule has 12 heteroatoms. The third-order valence-electron chi connectivity index (χ3n) is 5.73. The number of piperidine rings is 1. The highest BCUT2D eigenvalue weighted by atomic mass is 32.2. The summed E-state index contributed by atoms with van der Waals surface area (Å²) in [6.45, 7) is 4.08. The van der Waals surface area contributed by atoms with Gasteiger partial charge in [-0.1, -0.05) is 24.6 Å². The van der Waals surface area contributed by atoms with Crippen molar-refractivity contribution < 1.29 is 21.6 Å². The first-order valence-electron chi connectivity index (χ1n) is 10.8. The van der Waals surface area contributed by atoms with E-state index in [9.17, 15) is 21.6 Å². The van der Waals surface area contributed by atoms with Crippen LogP contribution in [0.1, 0.15) is 36.2 Å². The fourth-order valence-corrected chi connectivity index (χ4v) is 6.93. The first-order chi connectivity index (χ1) is 15.5. The Kier molecular flexibility index (Phi) is 7.62. The Labute approximate surface area is 195 Å². The van der Waals surface area contributed by atoms with Gasteiger partial charge in [-0.2, -0.15) is 9.40 Å². The van der Waals surface area contributed by atoms with Crippen molar-refractivity contribution in [2.24, 2.45) is 0 Å². The lowest BCUT2D eigenvalue weighted by Gasteiger charge is -2.25. The van der Waals surface area contributed by atoms with E-state index >= 15 is 0 Å². The molecule has 1 aliphatic rings. The number of amides is 1. The first kappa shape index (κ1) is 25.3. The van der Waals surface area contributed by atoms with Gasteiger partial charge in [-0.25, -0.2) is 21.1 Å². The zero-order valence-corrected chi connectivity index (χ0v) is 21.0. The van der Waals surface area contributed by atoms with Crippen LogP contribution in [0.15, 0.2) is 34.1 Å². The SMILES string of the molecule is Cc1nn(CC(=O)NCc2ccccc2S(=O)(=O)N(C)C)c(C)c1S(=O)(=O)N1CCCCC1. The van der Waals surface area contributed by atoms with Crippen LogP contribution in [0.25, 0.3) is 0 Å². The molecule has 0 saturated carbocycles. The number of carbonyl (C=O) groups excluding carboxylic acids is 1. The summed E-state index contributed by atoms with van der Waals surface area (Å²) in [6, 6.07) is 6.47. The van der Waals surface area contributed by atoms with Gasteiger partial charge in [-0.3, -0.25) is 9.48 Å². The summed E-state index contributed by atoms with van der Waals surface area (Å²) in [5, 5.41) is 7.01. The number of hydrogen-bond acceptors (Lipinski definition) is 6. The maximum absolute atomic E-state index is 13.1. The molecule has 1 aliphatic heterocycles. The Morgan fingerprint density at radius 2 is 1.70 bits per heavy atom. The van der Waals surface area contributed by atoms with Crippen LogP contribution in [-0.4, -0.2) is 68.3 Å². The van der Waals surface area contributed by atoms with Crippen LogP contribution in [0.4, 0.5) is 0 Å². The van der Waals surface area contributed by atoms with Gasteiger partial charge in [-0.05, 0) is 38.3 Å². The number of benzene rings is 1. The molecule has 3 rings (SSSR count). The van der Waals surface area contributed by atoms with Crippen LogP contribution >= 0.6 is 0 Å². The molecule has 10 nitrogen and oxygen atoms in total. The van der Waals surface area contributed by atoms with Crippen molar-refractivity contribution in [3.8, 4) is 0 Å². The van der Waals surface area contributed by atoms with Gasteiger partial charge in [0.15, 0.2) is 0 Å². The number of hydrogen-bond donors (Lipinski definition) is 1. The highest BCUT2D eigenvalue weighted by Crippen LogP contribution is 2.26. The average Bonchev–Trinajstić information content (AvgIpc) is 3.06. The summed E-state index contributed by atoms with van der Waals surface area (Å²) in [5.41, 5.74) is 1.22. The van der Waals surface area contributed by atoms with Crippen molar-refractivity contribution in [2.45, 2.75) is 56.0 Å². The second-order valence-electron chi connectivity index (χ2n) is 8.29. The predicted molar refractivity (Wildman–Crippen MR) is 123 cm³/mol. The molecule has 0 bridgehead atoms. The molecule has 1 fully saturated rings. The summed E-state index contributed by atoms with van der Waals surface area (Å²) in [4.78, 5) is 12.9. The Morgan fingerprint density at radius 1 is 1.06 bits per heavy atom. The molecule has 0 unspecified atom stereocenters. The Morgan fingerprint density at radius 3 is 2.33 bits per heavy atom. The molecule has 1 N–H and O–H groups in total. The number of aryl methyl sites for hydroxylation is 1. The van der Waals surface area contributed by atoms with Gasteiger partial charge < -0.3 is 5.32 Å². The predicted octanol–water partition coefficient (Wildman–Crippen LogP) is 1.24. The fraction of sp³-hybridized carbons (Fsp3) is 0.524. The lowest BCUT2D eigenvalue weighted by atomic mass is 10.2. The molecule has 182 valence electrons. The van der Waals surface area contributed by atoms with E-state index in [0.717, 1.165) is 23.6 Å². The van der Waals surface area contributed by atoms with Gasteiger partial charge in [0.1, 0.15) is 11.4 Å². The third-order valence-corrected chi connectivity index (χ3v) is 9.80. The van der Waals surface area contributed by atoms with Crippen LogP contribution in [-0.2, 0) is 37.9 Å². The van der Waals surface area contributed by atoms with E-state index in [2.05, 4.69) is 10.4 Å². The zero-order valence-electron chi connectivity index (χ0n) is 19.4. The second kappa shape index (κ2) is 9.92. The maximum atomic E-state index is 13.1. The third kappa shape index (κ3) is 5.29. The maximum Gasteiger partial charge on any atom is 0.246 e. The summed E-state index contributed by atoms with van der Waals surface area (Å²) in [6.07, 6.45) is 2.68. The van der Waals surface area contributed by atoms with E-state index in [0.29, 0.717) is 30.0 Å². The molecule has 1 aromatic heterocycles. The fourth-order valence-electron chi connectivity index (χ4n) is 3.93. The van der Waals surface area contributed by atoms with Crippen molar-refractivity contribution >= 4 is 26.0 Å². The Balaban J connectivity index is 1.75. The number of rotatable bonds is 8. The van der Waals surface area contributed by atoms with Gasteiger partial charge in [0.2, 0.25) is 26.0 Å². The first-order valence-corrected chi connectivity index (χ1v) is 13.7. The van der Waals surface area contributed by atoms with Crippen LogP contribution in [0.3, 0.4) is 0 Å². The number of aromatic nitrogens is 2. The van der Waals surface area contributed by atoms with Crippen LogP contribution < -0.4 is 5.32 Å². The van der Waals surface area contributed by atoms with E-state index in [-0.39, 0.29) is 22.9 Å². The lowest BCUT2D eigenvalue weighted by molar-refractivity contribution is -0.122. The molecule has 1 saturated heterocycles. The van der Waals surface area contributed by atoms with Crippen molar-refractivity contribution in [3.63, 3.8) is 0 Å².